The number of piperidine rings is 1. The predicted octanol–water partition coefficient (Wildman–Crippen LogP) is 3.90. The Morgan fingerprint density at radius 1 is 1.00 bits per heavy atom. The Hall–Kier alpha value is -4.14. The number of anilines is 2. The van der Waals surface area contributed by atoms with Crippen LogP contribution in [0.25, 0.3) is 0 Å². The minimum Gasteiger partial charge on any atom is -0.497 e. The highest BCUT2D eigenvalue weighted by molar-refractivity contribution is 5.99. The van der Waals surface area contributed by atoms with Crippen LogP contribution >= 0.6 is 0 Å². The highest BCUT2D eigenvalue weighted by Crippen LogP contribution is 2.36. The van der Waals surface area contributed by atoms with Crippen molar-refractivity contribution in [3.8, 4) is 5.75 Å². The summed E-state index contributed by atoms with van der Waals surface area (Å²) in [5.41, 5.74) is 1.61. The summed E-state index contributed by atoms with van der Waals surface area (Å²) in [4.78, 5) is 40.5. The van der Waals surface area contributed by atoms with Gasteiger partial charge < -0.3 is 24.8 Å². The summed E-state index contributed by atoms with van der Waals surface area (Å²) >= 11 is 0. The Balaban J connectivity index is 1.31. The fraction of sp³-hybridized carbons (Fsp3) is 0.269. The van der Waals surface area contributed by atoms with Gasteiger partial charge in [-0.2, -0.15) is 0 Å². The summed E-state index contributed by atoms with van der Waals surface area (Å²) in [6.45, 7) is 1.55. The highest BCUT2D eigenvalue weighted by Gasteiger charge is 2.37. The molecule has 180 valence electrons. The molecule has 1 saturated heterocycles. The predicted molar refractivity (Wildman–Crippen MR) is 129 cm³/mol. The zero-order valence-corrected chi connectivity index (χ0v) is 19.2. The lowest BCUT2D eigenvalue weighted by Crippen LogP contribution is -2.49. The van der Waals surface area contributed by atoms with E-state index < -0.39 is 11.8 Å². The summed E-state index contributed by atoms with van der Waals surface area (Å²) in [6, 6.07) is 15.4. The number of ether oxygens (including phenoxy) is 1. The molecule has 2 aliphatic heterocycles. The fourth-order valence-electron chi connectivity index (χ4n) is 4.97. The van der Waals surface area contributed by atoms with Gasteiger partial charge in [-0.05, 0) is 66.9 Å². The van der Waals surface area contributed by atoms with Gasteiger partial charge in [-0.25, -0.2) is 9.18 Å². The number of carbonyl (C=O) groups is 2. The zero-order chi connectivity index (χ0) is 24.5. The standard InChI is InChI=1S/C26H25FN4O4/c1-35-21-7-5-17(6-8-21)24(32)30-13-16-11-18(15-30)23-10-9-22(25(33)31(23)14-16)29-26(34)28-20-4-2-3-19(27)12-20/h2-10,12,16,18H,11,13-15H2,1H3,(H2,28,29,34). The quantitative estimate of drug-likeness (QED) is 0.598. The molecule has 9 heteroatoms. The molecule has 0 aliphatic carbocycles. The van der Waals surface area contributed by atoms with Crippen molar-refractivity contribution in [2.24, 2.45) is 5.92 Å². The van der Waals surface area contributed by atoms with E-state index in [1.54, 1.807) is 48.1 Å². The Morgan fingerprint density at radius 2 is 1.80 bits per heavy atom. The van der Waals surface area contributed by atoms with E-state index in [2.05, 4.69) is 10.6 Å². The lowest BCUT2D eigenvalue weighted by atomic mass is 9.83. The third-order valence-corrected chi connectivity index (χ3v) is 6.56. The SMILES string of the molecule is COc1ccc(C(=O)N2CC3CC(C2)c2ccc(NC(=O)Nc4cccc(F)c4)c(=O)n2C3)cc1. The summed E-state index contributed by atoms with van der Waals surface area (Å²) in [5.74, 6) is 0.359. The van der Waals surface area contributed by atoms with E-state index in [1.807, 2.05) is 11.0 Å². The van der Waals surface area contributed by atoms with E-state index in [-0.39, 0.29) is 34.7 Å². The van der Waals surface area contributed by atoms with Gasteiger partial charge in [-0.15, -0.1) is 0 Å². The molecular weight excluding hydrogens is 451 g/mol. The number of carbonyl (C=O) groups excluding carboxylic acids is 2. The summed E-state index contributed by atoms with van der Waals surface area (Å²) in [7, 11) is 1.58. The third-order valence-electron chi connectivity index (χ3n) is 6.56. The molecule has 8 nitrogen and oxygen atoms in total. The van der Waals surface area contributed by atoms with Crippen LogP contribution in [0.4, 0.5) is 20.6 Å². The van der Waals surface area contributed by atoms with Crippen LogP contribution in [0.5, 0.6) is 5.75 Å². The van der Waals surface area contributed by atoms with Gasteiger partial charge in [0.2, 0.25) is 0 Å². The van der Waals surface area contributed by atoms with E-state index in [9.17, 15) is 18.8 Å². The monoisotopic (exact) mass is 476 g/mol. The van der Waals surface area contributed by atoms with Gasteiger partial charge >= 0.3 is 6.03 Å². The van der Waals surface area contributed by atoms with E-state index in [1.165, 1.54) is 18.2 Å². The number of likely N-dealkylation sites (tertiary alicyclic amines) is 1. The van der Waals surface area contributed by atoms with Crippen LogP contribution in [0.15, 0.2) is 65.5 Å². The van der Waals surface area contributed by atoms with Crippen molar-refractivity contribution in [3.63, 3.8) is 0 Å². The van der Waals surface area contributed by atoms with Gasteiger partial charge in [0, 0.05) is 42.5 Å². The van der Waals surface area contributed by atoms with Gasteiger partial charge in [-0.3, -0.25) is 9.59 Å². The van der Waals surface area contributed by atoms with Crippen molar-refractivity contribution in [3.05, 3.63) is 88.1 Å². The van der Waals surface area contributed by atoms with Gasteiger partial charge in [0.05, 0.1) is 7.11 Å². The average Bonchev–Trinajstić information content (AvgIpc) is 2.85. The maximum atomic E-state index is 13.4. The number of methoxy groups -OCH3 is 1. The molecule has 0 radical (unpaired) electrons. The molecule has 3 amide bonds. The minimum absolute atomic E-state index is 0.0348. The van der Waals surface area contributed by atoms with Crippen LogP contribution in [0.3, 0.4) is 0 Å². The number of pyridine rings is 1. The molecule has 2 bridgehead atoms. The van der Waals surface area contributed by atoms with E-state index in [4.69, 9.17) is 4.74 Å². The van der Waals surface area contributed by atoms with Gasteiger partial charge in [0.1, 0.15) is 17.3 Å². The smallest absolute Gasteiger partial charge is 0.323 e. The number of halogens is 1. The molecule has 2 unspecified atom stereocenters. The van der Waals surface area contributed by atoms with Gasteiger partial charge in [0.15, 0.2) is 0 Å². The Kier molecular flexibility index (Phi) is 5.98. The Bertz CT molecular complexity index is 1340. The molecule has 2 aliphatic rings. The van der Waals surface area contributed by atoms with Crippen LogP contribution in [-0.4, -0.2) is 41.6 Å². The fourth-order valence-corrected chi connectivity index (χ4v) is 4.97. The molecule has 1 fully saturated rings. The van der Waals surface area contributed by atoms with Crippen LogP contribution < -0.4 is 20.9 Å². The molecule has 1 aromatic heterocycles. The first-order chi connectivity index (χ1) is 16.9. The summed E-state index contributed by atoms with van der Waals surface area (Å²) < 4.78 is 20.2. The first-order valence-electron chi connectivity index (χ1n) is 11.4. The molecule has 2 aromatic carbocycles. The zero-order valence-electron chi connectivity index (χ0n) is 19.2. The largest absolute Gasteiger partial charge is 0.497 e. The second-order valence-electron chi connectivity index (χ2n) is 8.91. The number of fused-ring (bicyclic) bond motifs is 4. The lowest BCUT2D eigenvalue weighted by Gasteiger charge is -2.43. The normalized spacial score (nSPS) is 18.4. The first-order valence-corrected chi connectivity index (χ1v) is 11.4. The number of amides is 3. The van der Waals surface area contributed by atoms with Gasteiger partial charge in [0.25, 0.3) is 11.5 Å². The van der Waals surface area contributed by atoms with E-state index >= 15 is 0 Å². The van der Waals surface area contributed by atoms with Crippen molar-refractivity contribution in [2.75, 3.05) is 30.8 Å². The molecule has 35 heavy (non-hydrogen) atoms. The third kappa shape index (κ3) is 4.62. The van der Waals surface area contributed by atoms with Crippen molar-refractivity contribution in [1.82, 2.24) is 9.47 Å². The van der Waals surface area contributed by atoms with Crippen LogP contribution in [0, 0.1) is 11.7 Å². The van der Waals surface area contributed by atoms with E-state index in [0.29, 0.717) is 30.9 Å². The van der Waals surface area contributed by atoms with Gasteiger partial charge in [-0.1, -0.05) is 6.07 Å². The number of urea groups is 1. The number of hydrogen-bond acceptors (Lipinski definition) is 4. The molecule has 3 aromatic rings. The van der Waals surface area contributed by atoms with E-state index in [0.717, 1.165) is 12.1 Å². The molecule has 5 rings (SSSR count). The minimum atomic E-state index is -0.625. The topological polar surface area (TPSA) is 92.7 Å². The molecule has 0 spiro atoms. The highest BCUT2D eigenvalue weighted by atomic mass is 19.1. The number of nitrogens with zero attached hydrogens (tertiary/aromatic N) is 2. The maximum absolute atomic E-state index is 13.4. The first kappa shape index (κ1) is 22.6. The van der Waals surface area contributed by atoms with Crippen LogP contribution in [0.2, 0.25) is 0 Å². The molecule has 2 atom stereocenters. The number of aromatic nitrogens is 1. The Morgan fingerprint density at radius 3 is 2.54 bits per heavy atom. The second-order valence-corrected chi connectivity index (χ2v) is 8.91. The maximum Gasteiger partial charge on any atom is 0.323 e. The van der Waals surface area contributed by atoms with Crippen molar-refractivity contribution in [1.29, 1.82) is 0 Å². The molecule has 0 saturated carbocycles. The summed E-state index contributed by atoms with van der Waals surface area (Å²) in [6.07, 6.45) is 0.901. The average molecular weight is 477 g/mol. The van der Waals surface area contributed by atoms with Crippen molar-refractivity contribution in [2.45, 2.75) is 18.9 Å². The molecule has 3 heterocycles. The molecular formula is C26H25FN4O4. The number of benzene rings is 2. The lowest BCUT2D eigenvalue weighted by molar-refractivity contribution is 0.0594. The molecule has 2 N–H and O–H groups in total. The number of rotatable bonds is 4. The van der Waals surface area contributed by atoms with Crippen molar-refractivity contribution >= 4 is 23.3 Å². The van der Waals surface area contributed by atoms with Crippen LogP contribution in [-0.2, 0) is 6.54 Å². The van der Waals surface area contributed by atoms with Crippen molar-refractivity contribution < 1.29 is 18.7 Å². The Labute approximate surface area is 201 Å². The summed E-state index contributed by atoms with van der Waals surface area (Å²) in [5, 5.41) is 5.10. The number of hydrogen-bond donors (Lipinski definition) is 2. The number of nitrogens with one attached hydrogen (secondary N) is 2. The second kappa shape index (κ2) is 9.25. The van der Waals surface area contributed by atoms with Crippen LogP contribution in [0.1, 0.15) is 28.4 Å².